The van der Waals surface area contributed by atoms with E-state index in [-0.39, 0.29) is 25.6 Å². The van der Waals surface area contributed by atoms with Crippen LogP contribution in [0, 0.1) is 0 Å². The van der Waals surface area contributed by atoms with Crippen molar-refractivity contribution < 1.29 is 8.42 Å². The third kappa shape index (κ3) is 4.71. The van der Waals surface area contributed by atoms with Crippen molar-refractivity contribution in [1.82, 2.24) is 14.3 Å². The number of rotatable bonds is 3. The highest BCUT2D eigenvalue weighted by molar-refractivity contribution is 7.99. The minimum Gasteiger partial charge on any atom is -0.321 e. The van der Waals surface area contributed by atoms with Crippen molar-refractivity contribution in [1.29, 1.82) is 0 Å². The Morgan fingerprint density at radius 2 is 1.88 bits per heavy atom. The Bertz CT molecular complexity index is 859. The van der Waals surface area contributed by atoms with E-state index in [1.807, 2.05) is 16.7 Å². The van der Waals surface area contributed by atoms with Gasteiger partial charge < -0.3 is 4.57 Å². The number of sulfonamides is 1. The smallest absolute Gasteiger partial charge is 0.213 e. The van der Waals surface area contributed by atoms with Gasteiger partial charge in [0.15, 0.2) is 0 Å². The molecule has 0 radical (unpaired) electrons. The van der Waals surface area contributed by atoms with Crippen LogP contribution in [0.1, 0.15) is 38.7 Å². The van der Waals surface area contributed by atoms with Crippen LogP contribution in [0.3, 0.4) is 0 Å². The first kappa shape index (κ1) is 20.6. The Morgan fingerprint density at radius 3 is 2.48 bits per heavy atom. The van der Waals surface area contributed by atoms with E-state index in [4.69, 9.17) is 23.2 Å². The van der Waals surface area contributed by atoms with E-state index in [1.54, 1.807) is 6.07 Å². The lowest BCUT2D eigenvalue weighted by Crippen LogP contribution is -2.24. The standard InChI is InChI=1S/C15H17Cl2N3O2S2.CH4/c1-9(2)14-15(23-12-6-10(16)5-11(17)7-12)20-3-4-24(21,22)18-8-13(20)19-14;/h5-7,9,18H,3-4,8H2,1-2H3;1H4. The molecule has 0 spiro atoms. The van der Waals surface area contributed by atoms with Gasteiger partial charge in [-0.05, 0) is 24.1 Å². The van der Waals surface area contributed by atoms with E-state index in [2.05, 4.69) is 23.6 Å². The van der Waals surface area contributed by atoms with Gasteiger partial charge in [-0.15, -0.1) is 0 Å². The summed E-state index contributed by atoms with van der Waals surface area (Å²) in [7, 11) is -3.26. The largest absolute Gasteiger partial charge is 0.321 e. The Labute approximate surface area is 163 Å². The first-order valence-electron chi connectivity index (χ1n) is 7.46. The van der Waals surface area contributed by atoms with Crippen molar-refractivity contribution in [2.45, 2.75) is 50.2 Å². The van der Waals surface area contributed by atoms with Crippen molar-refractivity contribution >= 4 is 45.0 Å². The number of imidazole rings is 1. The van der Waals surface area contributed by atoms with Gasteiger partial charge in [0.2, 0.25) is 10.0 Å². The van der Waals surface area contributed by atoms with Crippen LogP contribution in [-0.4, -0.2) is 23.7 Å². The van der Waals surface area contributed by atoms with Crippen molar-refractivity contribution in [3.63, 3.8) is 0 Å². The predicted molar refractivity (Wildman–Crippen MR) is 104 cm³/mol. The molecule has 9 heteroatoms. The molecule has 5 nitrogen and oxygen atoms in total. The van der Waals surface area contributed by atoms with Crippen LogP contribution in [0.4, 0.5) is 0 Å². The molecule has 0 aliphatic carbocycles. The number of aromatic nitrogens is 2. The zero-order chi connectivity index (χ0) is 17.5. The number of fused-ring (bicyclic) bond motifs is 1. The van der Waals surface area contributed by atoms with Gasteiger partial charge >= 0.3 is 0 Å². The number of hydrogen-bond acceptors (Lipinski definition) is 4. The van der Waals surface area contributed by atoms with Gasteiger partial charge in [0.1, 0.15) is 10.9 Å². The topological polar surface area (TPSA) is 64.0 Å². The Kier molecular flexibility index (Phi) is 6.49. The van der Waals surface area contributed by atoms with Crippen molar-refractivity contribution in [3.05, 3.63) is 39.8 Å². The Morgan fingerprint density at radius 1 is 1.24 bits per heavy atom. The number of nitrogens with one attached hydrogen (secondary N) is 1. The van der Waals surface area contributed by atoms with Crippen molar-refractivity contribution in [3.8, 4) is 0 Å². The Hall–Kier alpha value is -0.730. The van der Waals surface area contributed by atoms with Gasteiger partial charge in [0.25, 0.3) is 0 Å². The molecule has 0 amide bonds. The van der Waals surface area contributed by atoms with E-state index in [0.29, 0.717) is 16.6 Å². The molecule has 0 bridgehead atoms. The average molecular weight is 422 g/mol. The summed E-state index contributed by atoms with van der Waals surface area (Å²) in [6, 6.07) is 5.37. The highest BCUT2D eigenvalue weighted by Crippen LogP contribution is 2.37. The van der Waals surface area contributed by atoms with Gasteiger partial charge in [-0.1, -0.05) is 56.2 Å². The van der Waals surface area contributed by atoms with E-state index >= 15 is 0 Å². The fourth-order valence-corrected chi connectivity index (χ4v) is 5.37. The molecule has 2 heterocycles. The molecule has 1 aromatic heterocycles. The molecular weight excluding hydrogens is 401 g/mol. The predicted octanol–water partition coefficient (Wildman–Crippen LogP) is 4.53. The lowest BCUT2D eigenvalue weighted by Gasteiger charge is -2.11. The SMILES string of the molecule is C.CC(C)c1nc2n(c1Sc1cc(Cl)cc(Cl)c1)CCS(=O)(=O)NC2. The van der Waals surface area contributed by atoms with Gasteiger partial charge in [-0.25, -0.2) is 18.1 Å². The normalized spacial score (nSPS) is 16.2. The van der Waals surface area contributed by atoms with Crippen LogP contribution in [0.2, 0.25) is 10.0 Å². The summed E-state index contributed by atoms with van der Waals surface area (Å²) in [5.74, 6) is 0.992. The zero-order valence-electron chi connectivity index (χ0n) is 13.2. The molecule has 0 unspecified atom stereocenters. The molecule has 3 rings (SSSR count). The van der Waals surface area contributed by atoms with Crippen LogP contribution in [0.5, 0.6) is 0 Å². The highest BCUT2D eigenvalue weighted by atomic mass is 35.5. The van der Waals surface area contributed by atoms with E-state index in [9.17, 15) is 8.42 Å². The summed E-state index contributed by atoms with van der Waals surface area (Å²) in [5, 5.41) is 2.07. The molecule has 25 heavy (non-hydrogen) atoms. The molecule has 0 fully saturated rings. The average Bonchev–Trinajstić information content (AvgIpc) is 2.72. The molecule has 0 saturated carbocycles. The lowest BCUT2D eigenvalue weighted by molar-refractivity contribution is 0.580. The summed E-state index contributed by atoms with van der Waals surface area (Å²) in [6.45, 7) is 4.72. The summed E-state index contributed by atoms with van der Waals surface area (Å²) in [5.41, 5.74) is 0.951. The van der Waals surface area contributed by atoms with Crippen LogP contribution in [0.25, 0.3) is 0 Å². The number of hydrogen-bond donors (Lipinski definition) is 1. The first-order chi connectivity index (χ1) is 11.2. The molecule has 138 valence electrons. The molecule has 1 aromatic carbocycles. The number of nitrogens with zero attached hydrogens (tertiary/aromatic N) is 2. The molecule has 0 saturated heterocycles. The van der Waals surface area contributed by atoms with Crippen LogP contribution >= 0.6 is 35.0 Å². The second-order valence-electron chi connectivity index (χ2n) is 5.87. The summed E-state index contributed by atoms with van der Waals surface area (Å²) < 4.78 is 28.2. The molecule has 1 aliphatic rings. The number of benzene rings is 1. The fourth-order valence-electron chi connectivity index (χ4n) is 2.51. The minimum atomic E-state index is -3.26. The van der Waals surface area contributed by atoms with Crippen LogP contribution in [-0.2, 0) is 23.1 Å². The second kappa shape index (κ2) is 7.88. The monoisotopic (exact) mass is 421 g/mol. The third-order valence-corrected chi connectivity index (χ3v) is 6.49. The van der Waals surface area contributed by atoms with Gasteiger partial charge in [0.05, 0.1) is 18.0 Å². The highest BCUT2D eigenvalue weighted by Gasteiger charge is 2.25. The molecular formula is C16H21Cl2N3O2S2. The fraction of sp³-hybridized carbons (Fsp3) is 0.438. The maximum atomic E-state index is 11.8. The minimum absolute atomic E-state index is 0. The summed E-state index contributed by atoms with van der Waals surface area (Å²) in [4.78, 5) is 5.57. The molecule has 1 N–H and O–H groups in total. The molecule has 0 atom stereocenters. The van der Waals surface area contributed by atoms with Gasteiger partial charge in [-0.3, -0.25) is 0 Å². The van der Waals surface area contributed by atoms with Crippen LogP contribution < -0.4 is 4.72 Å². The van der Waals surface area contributed by atoms with E-state index < -0.39 is 10.0 Å². The van der Waals surface area contributed by atoms with Gasteiger partial charge in [0, 0.05) is 21.5 Å². The van der Waals surface area contributed by atoms with Crippen molar-refractivity contribution in [2.75, 3.05) is 5.75 Å². The Balaban J connectivity index is 0.00000225. The van der Waals surface area contributed by atoms with E-state index in [0.717, 1.165) is 21.4 Å². The second-order valence-corrected chi connectivity index (χ2v) is 9.73. The maximum absolute atomic E-state index is 11.8. The molecule has 1 aliphatic heterocycles. The zero-order valence-corrected chi connectivity index (χ0v) is 16.4. The summed E-state index contributed by atoms with van der Waals surface area (Å²) >= 11 is 13.7. The van der Waals surface area contributed by atoms with Crippen LogP contribution in [0.15, 0.2) is 28.1 Å². The quantitative estimate of drug-likeness (QED) is 0.789. The number of halogens is 2. The van der Waals surface area contributed by atoms with E-state index in [1.165, 1.54) is 11.8 Å². The van der Waals surface area contributed by atoms with Crippen molar-refractivity contribution in [2.24, 2.45) is 0 Å². The molecule has 2 aromatic rings. The van der Waals surface area contributed by atoms with Gasteiger partial charge in [-0.2, -0.15) is 0 Å². The first-order valence-corrected chi connectivity index (χ1v) is 10.7. The lowest BCUT2D eigenvalue weighted by atomic mass is 10.1. The maximum Gasteiger partial charge on any atom is 0.213 e. The summed E-state index contributed by atoms with van der Waals surface area (Å²) in [6.07, 6.45) is 0. The third-order valence-electron chi connectivity index (χ3n) is 3.66.